The first-order chi connectivity index (χ1) is 18.3. The summed E-state index contributed by atoms with van der Waals surface area (Å²) in [5.41, 5.74) is 5.25. The Balaban J connectivity index is 1.22. The smallest absolute Gasteiger partial charge is 0.258 e. The van der Waals surface area contributed by atoms with Crippen molar-refractivity contribution in [2.45, 2.75) is 25.3 Å². The summed E-state index contributed by atoms with van der Waals surface area (Å²) in [5, 5.41) is 5.47. The molecule has 0 aromatic heterocycles. The minimum atomic E-state index is -0.390. The molecular weight excluding hydrogens is 474 g/mol. The Bertz CT molecular complexity index is 1420. The summed E-state index contributed by atoms with van der Waals surface area (Å²) >= 11 is 0. The lowest BCUT2D eigenvalue weighted by molar-refractivity contribution is 0.0929. The van der Waals surface area contributed by atoms with Gasteiger partial charge in [0.25, 0.3) is 11.8 Å². The van der Waals surface area contributed by atoms with Crippen LogP contribution < -0.4 is 15.1 Å². The third-order valence-corrected chi connectivity index (χ3v) is 8.60. The van der Waals surface area contributed by atoms with Crippen molar-refractivity contribution in [1.82, 2.24) is 15.1 Å². The molecular formula is C31H37N5O2. The van der Waals surface area contributed by atoms with Gasteiger partial charge in [-0.2, -0.15) is 0 Å². The molecule has 2 amide bonds. The van der Waals surface area contributed by atoms with E-state index in [2.05, 4.69) is 64.4 Å². The Morgan fingerprint density at radius 3 is 2.50 bits per heavy atom. The van der Waals surface area contributed by atoms with Crippen LogP contribution in [0.3, 0.4) is 0 Å². The molecule has 7 nitrogen and oxygen atoms in total. The van der Waals surface area contributed by atoms with Gasteiger partial charge in [0.1, 0.15) is 0 Å². The lowest BCUT2D eigenvalue weighted by Crippen LogP contribution is -2.48. The molecule has 3 aliphatic rings. The standard InChI is InChI=1S/C31H37N5O2/c1-21-8-9-22(36-18-16-35(17-19-36)15-14-33(2)3)20-25(21)29(37)32-31(12-13-31)26-10-11-27-28-23(26)6-5-7-24(28)30(38)34(27)4/h5-11,20H,12-19H2,1-4H3,(H,32,37). The van der Waals surface area contributed by atoms with E-state index in [0.29, 0.717) is 0 Å². The molecule has 0 spiro atoms. The first-order valence-electron chi connectivity index (χ1n) is 13.7. The van der Waals surface area contributed by atoms with E-state index < -0.39 is 0 Å². The van der Waals surface area contributed by atoms with Crippen LogP contribution in [0.15, 0.2) is 48.5 Å². The van der Waals surface area contributed by atoms with Gasteiger partial charge in [-0.05, 0) is 74.6 Å². The summed E-state index contributed by atoms with van der Waals surface area (Å²) in [6, 6.07) is 16.3. The molecule has 1 N–H and O–H groups in total. The molecule has 0 atom stereocenters. The van der Waals surface area contributed by atoms with Crippen molar-refractivity contribution in [3.8, 4) is 0 Å². The quantitative estimate of drug-likeness (QED) is 0.522. The van der Waals surface area contributed by atoms with Crippen LogP contribution in [0.25, 0.3) is 10.8 Å². The fourth-order valence-electron chi connectivity index (χ4n) is 6.05. The normalized spacial score (nSPS) is 18.5. The summed E-state index contributed by atoms with van der Waals surface area (Å²) in [7, 11) is 6.06. The van der Waals surface area contributed by atoms with E-state index in [9.17, 15) is 9.59 Å². The highest BCUT2D eigenvalue weighted by molar-refractivity contribution is 6.25. The Morgan fingerprint density at radius 1 is 1.03 bits per heavy atom. The third kappa shape index (κ3) is 4.24. The largest absolute Gasteiger partial charge is 0.369 e. The molecule has 0 unspecified atom stereocenters. The average Bonchev–Trinajstić information content (AvgIpc) is 3.65. The van der Waals surface area contributed by atoms with Crippen molar-refractivity contribution in [1.29, 1.82) is 0 Å². The zero-order valence-corrected chi connectivity index (χ0v) is 22.9. The number of aryl methyl sites for hydroxylation is 1. The number of carbonyl (C=O) groups is 2. The van der Waals surface area contributed by atoms with Crippen molar-refractivity contribution in [2.75, 3.05) is 70.2 Å². The molecule has 6 rings (SSSR count). The van der Waals surface area contributed by atoms with Crippen LogP contribution in [0.4, 0.5) is 11.4 Å². The summed E-state index contributed by atoms with van der Waals surface area (Å²) < 4.78 is 0. The van der Waals surface area contributed by atoms with Crippen LogP contribution in [0, 0.1) is 6.92 Å². The minimum Gasteiger partial charge on any atom is -0.369 e. The van der Waals surface area contributed by atoms with Crippen LogP contribution in [0.1, 0.15) is 44.7 Å². The maximum absolute atomic E-state index is 13.7. The van der Waals surface area contributed by atoms with Gasteiger partial charge in [0.15, 0.2) is 0 Å². The second-order valence-corrected chi connectivity index (χ2v) is 11.4. The second-order valence-electron chi connectivity index (χ2n) is 11.4. The fraction of sp³-hybridized carbons (Fsp3) is 0.419. The topological polar surface area (TPSA) is 59.1 Å². The molecule has 1 saturated heterocycles. The molecule has 0 bridgehead atoms. The van der Waals surface area contributed by atoms with Gasteiger partial charge < -0.3 is 20.0 Å². The van der Waals surface area contributed by atoms with Crippen molar-refractivity contribution in [3.63, 3.8) is 0 Å². The van der Waals surface area contributed by atoms with Gasteiger partial charge in [-0.3, -0.25) is 14.5 Å². The number of nitrogens with zero attached hydrogens (tertiary/aromatic N) is 4. The fourth-order valence-corrected chi connectivity index (χ4v) is 6.05. The predicted molar refractivity (Wildman–Crippen MR) is 153 cm³/mol. The molecule has 0 radical (unpaired) electrons. The zero-order valence-electron chi connectivity index (χ0n) is 22.9. The lowest BCUT2D eigenvalue weighted by Gasteiger charge is -2.36. The third-order valence-electron chi connectivity index (χ3n) is 8.60. The maximum Gasteiger partial charge on any atom is 0.258 e. The van der Waals surface area contributed by atoms with Crippen molar-refractivity contribution < 1.29 is 9.59 Å². The Labute approximate surface area is 225 Å². The Kier molecular flexibility index (Phi) is 6.16. The number of rotatable bonds is 7. The van der Waals surface area contributed by atoms with Crippen molar-refractivity contribution >= 4 is 34.0 Å². The van der Waals surface area contributed by atoms with E-state index in [1.165, 1.54) is 0 Å². The van der Waals surface area contributed by atoms with E-state index in [0.717, 1.165) is 96.5 Å². The van der Waals surface area contributed by atoms with Gasteiger partial charge in [0.2, 0.25) is 0 Å². The highest BCUT2D eigenvalue weighted by Gasteiger charge is 2.47. The van der Waals surface area contributed by atoms with Crippen LogP contribution in [0.2, 0.25) is 0 Å². The van der Waals surface area contributed by atoms with Gasteiger partial charge >= 0.3 is 0 Å². The van der Waals surface area contributed by atoms with Gasteiger partial charge in [-0.25, -0.2) is 0 Å². The molecule has 198 valence electrons. The predicted octanol–water partition coefficient (Wildman–Crippen LogP) is 3.84. The molecule has 1 saturated carbocycles. The molecule has 3 aromatic rings. The average molecular weight is 512 g/mol. The van der Waals surface area contributed by atoms with E-state index in [1.54, 1.807) is 4.90 Å². The Morgan fingerprint density at radius 2 is 1.79 bits per heavy atom. The maximum atomic E-state index is 13.7. The van der Waals surface area contributed by atoms with E-state index >= 15 is 0 Å². The summed E-state index contributed by atoms with van der Waals surface area (Å²) in [5.74, 6) is 0.00511. The number of piperazine rings is 1. The Hall–Kier alpha value is -3.42. The van der Waals surface area contributed by atoms with Gasteiger partial charge in [0, 0.05) is 68.5 Å². The number of amides is 2. The first-order valence-corrected chi connectivity index (χ1v) is 13.7. The molecule has 3 aromatic carbocycles. The first kappa shape index (κ1) is 24.9. The van der Waals surface area contributed by atoms with E-state index in [4.69, 9.17) is 0 Å². The monoisotopic (exact) mass is 511 g/mol. The van der Waals surface area contributed by atoms with Crippen LogP contribution in [0.5, 0.6) is 0 Å². The number of carbonyl (C=O) groups excluding carboxylic acids is 2. The van der Waals surface area contributed by atoms with Crippen LogP contribution >= 0.6 is 0 Å². The van der Waals surface area contributed by atoms with Crippen molar-refractivity contribution in [3.05, 3.63) is 70.8 Å². The van der Waals surface area contributed by atoms with E-state index in [1.807, 2.05) is 32.2 Å². The number of anilines is 2. The number of nitrogens with one attached hydrogen (secondary N) is 1. The number of hydrogen-bond acceptors (Lipinski definition) is 5. The lowest BCUT2D eigenvalue weighted by atomic mass is 9.94. The number of hydrogen-bond donors (Lipinski definition) is 1. The van der Waals surface area contributed by atoms with Crippen LogP contribution in [-0.2, 0) is 5.54 Å². The second kappa shape index (κ2) is 9.40. The summed E-state index contributed by atoms with van der Waals surface area (Å²) in [4.78, 5) is 35.3. The van der Waals surface area contributed by atoms with Crippen LogP contribution in [-0.4, -0.2) is 82.0 Å². The van der Waals surface area contributed by atoms with Gasteiger partial charge in [-0.15, -0.1) is 0 Å². The number of benzene rings is 3. The summed E-state index contributed by atoms with van der Waals surface area (Å²) in [6.45, 7) is 8.18. The molecule has 2 heterocycles. The molecule has 7 heteroatoms. The molecule has 2 fully saturated rings. The molecule has 1 aliphatic carbocycles. The highest BCUT2D eigenvalue weighted by atomic mass is 16.2. The molecule has 2 aliphatic heterocycles. The SMILES string of the molecule is Cc1ccc(N2CCN(CCN(C)C)CC2)cc1C(=O)NC1(c2ccc3c4c(cccc24)C(=O)N3C)CC1. The van der Waals surface area contributed by atoms with Gasteiger partial charge in [0.05, 0.1) is 11.2 Å². The number of likely N-dealkylation sites (N-methyl/N-ethyl adjacent to an activating group) is 1. The van der Waals surface area contributed by atoms with Gasteiger partial charge in [-0.1, -0.05) is 24.3 Å². The summed E-state index contributed by atoms with van der Waals surface area (Å²) in [6.07, 6.45) is 1.80. The zero-order chi connectivity index (χ0) is 26.6. The highest BCUT2D eigenvalue weighted by Crippen LogP contribution is 2.50. The van der Waals surface area contributed by atoms with E-state index in [-0.39, 0.29) is 17.4 Å². The molecule has 38 heavy (non-hydrogen) atoms. The minimum absolute atomic E-state index is 0.0251. The van der Waals surface area contributed by atoms with Crippen molar-refractivity contribution in [2.24, 2.45) is 0 Å².